The van der Waals surface area contributed by atoms with Crippen molar-refractivity contribution in [2.24, 2.45) is 4.99 Å². The van der Waals surface area contributed by atoms with Crippen LogP contribution in [0, 0.1) is 6.92 Å². The van der Waals surface area contributed by atoms with Gasteiger partial charge in [0.1, 0.15) is 6.04 Å². The van der Waals surface area contributed by atoms with Crippen LogP contribution < -0.4 is 24.4 Å². The first kappa shape index (κ1) is 24.0. The number of aromatic nitrogens is 1. The molecule has 0 radical (unpaired) electrons. The standard InChI is InChI=1S/C25H26N2O5S2/c1-6-31-22-16(9-8-10-17(22)30-5)21-20(24(29)32-7-2)15(4)26-25-27(21)23(28)19(34-25)13-18-14(3)11-12-33-18/h8-13,21H,6-7H2,1-5H3/b19-13-/t21-/m1/s1. The molecule has 0 amide bonds. The van der Waals surface area contributed by atoms with E-state index in [1.807, 2.05) is 43.5 Å². The minimum Gasteiger partial charge on any atom is -0.493 e. The monoisotopic (exact) mass is 498 g/mol. The minimum atomic E-state index is -0.765. The first-order chi connectivity index (χ1) is 16.4. The molecule has 3 heterocycles. The number of ether oxygens (including phenoxy) is 3. The van der Waals surface area contributed by atoms with E-state index in [0.29, 0.717) is 44.3 Å². The largest absolute Gasteiger partial charge is 0.493 e. The zero-order valence-corrected chi connectivity index (χ0v) is 21.3. The first-order valence-electron chi connectivity index (χ1n) is 10.9. The zero-order valence-electron chi connectivity index (χ0n) is 19.7. The highest BCUT2D eigenvalue weighted by Crippen LogP contribution is 2.40. The topological polar surface area (TPSA) is 79.1 Å². The number of rotatable bonds is 7. The summed E-state index contributed by atoms with van der Waals surface area (Å²) >= 11 is 2.88. The van der Waals surface area contributed by atoms with E-state index in [-0.39, 0.29) is 12.2 Å². The number of carbonyl (C=O) groups excluding carboxylic acids is 1. The Labute approximate surface area is 205 Å². The van der Waals surface area contributed by atoms with Gasteiger partial charge >= 0.3 is 5.97 Å². The third-order valence-electron chi connectivity index (χ3n) is 5.49. The first-order valence-corrected chi connectivity index (χ1v) is 12.6. The summed E-state index contributed by atoms with van der Waals surface area (Å²) in [5, 5.41) is 1.99. The van der Waals surface area contributed by atoms with Crippen LogP contribution in [-0.4, -0.2) is 30.9 Å². The summed E-state index contributed by atoms with van der Waals surface area (Å²) in [7, 11) is 1.56. The number of thiophene rings is 1. The number of esters is 1. The summed E-state index contributed by atoms with van der Waals surface area (Å²) in [4.78, 5) is 33.0. The van der Waals surface area contributed by atoms with E-state index >= 15 is 0 Å². The van der Waals surface area contributed by atoms with Gasteiger partial charge in [-0.1, -0.05) is 23.5 Å². The molecule has 9 heteroatoms. The number of hydrogen-bond donors (Lipinski definition) is 0. The van der Waals surface area contributed by atoms with Crippen molar-refractivity contribution >= 4 is 34.7 Å². The van der Waals surface area contributed by atoms with Crippen LogP contribution in [0.4, 0.5) is 0 Å². The van der Waals surface area contributed by atoms with Crippen molar-refractivity contribution in [1.82, 2.24) is 4.57 Å². The average Bonchev–Trinajstić information content (AvgIpc) is 3.35. The van der Waals surface area contributed by atoms with Gasteiger partial charge in [0.15, 0.2) is 16.3 Å². The van der Waals surface area contributed by atoms with E-state index < -0.39 is 12.0 Å². The molecule has 0 bridgehead atoms. The fourth-order valence-corrected chi connectivity index (χ4v) is 5.91. The van der Waals surface area contributed by atoms with Crippen LogP contribution in [0.3, 0.4) is 0 Å². The Hall–Kier alpha value is -3.17. The van der Waals surface area contributed by atoms with Crippen LogP contribution in [-0.2, 0) is 9.53 Å². The fraction of sp³-hybridized carbons (Fsp3) is 0.320. The molecule has 2 aromatic heterocycles. The van der Waals surface area contributed by atoms with Crippen LogP contribution in [0.5, 0.6) is 11.5 Å². The van der Waals surface area contributed by atoms with Crippen LogP contribution in [0.25, 0.3) is 6.08 Å². The summed E-state index contributed by atoms with van der Waals surface area (Å²) in [5.74, 6) is 0.494. The maximum absolute atomic E-state index is 13.7. The van der Waals surface area contributed by atoms with Gasteiger partial charge in [-0.15, -0.1) is 11.3 Å². The van der Waals surface area contributed by atoms with Crippen molar-refractivity contribution in [3.05, 3.63) is 76.6 Å². The number of fused-ring (bicyclic) bond motifs is 1. The zero-order chi connectivity index (χ0) is 24.4. The minimum absolute atomic E-state index is 0.209. The predicted molar refractivity (Wildman–Crippen MR) is 134 cm³/mol. The molecule has 34 heavy (non-hydrogen) atoms. The van der Waals surface area contributed by atoms with E-state index in [1.165, 1.54) is 11.3 Å². The van der Waals surface area contributed by atoms with Crippen molar-refractivity contribution < 1.29 is 19.0 Å². The number of para-hydroxylation sites is 1. The normalized spacial score (nSPS) is 15.7. The second-order valence-electron chi connectivity index (χ2n) is 7.58. The number of allylic oxidation sites excluding steroid dienone is 1. The van der Waals surface area contributed by atoms with Crippen molar-refractivity contribution in [3.63, 3.8) is 0 Å². The maximum atomic E-state index is 13.7. The summed E-state index contributed by atoms with van der Waals surface area (Å²) in [6.45, 7) is 8.00. The quantitative estimate of drug-likeness (QED) is 0.466. The Morgan fingerprint density at radius 1 is 1.21 bits per heavy atom. The van der Waals surface area contributed by atoms with E-state index in [9.17, 15) is 9.59 Å². The van der Waals surface area contributed by atoms with Crippen molar-refractivity contribution in [2.45, 2.75) is 33.7 Å². The van der Waals surface area contributed by atoms with Crippen LogP contribution in [0.2, 0.25) is 0 Å². The Morgan fingerprint density at radius 2 is 2.00 bits per heavy atom. The number of carbonyl (C=O) groups is 1. The smallest absolute Gasteiger partial charge is 0.338 e. The van der Waals surface area contributed by atoms with E-state index in [2.05, 4.69) is 4.99 Å². The van der Waals surface area contributed by atoms with Gasteiger partial charge in [0.2, 0.25) is 0 Å². The number of methoxy groups -OCH3 is 1. The molecular formula is C25H26N2O5S2. The van der Waals surface area contributed by atoms with Crippen molar-refractivity contribution in [1.29, 1.82) is 0 Å². The number of hydrogen-bond acceptors (Lipinski definition) is 8. The molecule has 1 aliphatic rings. The molecule has 0 saturated carbocycles. The Morgan fingerprint density at radius 3 is 2.65 bits per heavy atom. The Kier molecular flexibility index (Phi) is 7.04. The maximum Gasteiger partial charge on any atom is 0.338 e. The molecule has 1 aliphatic heterocycles. The van der Waals surface area contributed by atoms with Crippen LogP contribution in [0.1, 0.15) is 42.8 Å². The van der Waals surface area contributed by atoms with E-state index in [0.717, 1.165) is 10.4 Å². The summed E-state index contributed by atoms with van der Waals surface area (Å²) in [6.07, 6.45) is 1.89. The van der Waals surface area contributed by atoms with Gasteiger partial charge in [-0.3, -0.25) is 9.36 Å². The molecule has 7 nitrogen and oxygen atoms in total. The third-order valence-corrected chi connectivity index (χ3v) is 7.44. The Bertz CT molecular complexity index is 1440. The molecule has 0 N–H and O–H groups in total. The van der Waals surface area contributed by atoms with Gasteiger partial charge in [-0.2, -0.15) is 0 Å². The highest BCUT2D eigenvalue weighted by molar-refractivity contribution is 7.11. The molecule has 1 atom stereocenters. The molecule has 178 valence electrons. The highest BCUT2D eigenvalue weighted by atomic mass is 32.1. The van der Waals surface area contributed by atoms with Gasteiger partial charge in [-0.25, -0.2) is 9.79 Å². The molecule has 0 unspecified atom stereocenters. The second kappa shape index (κ2) is 9.99. The predicted octanol–water partition coefficient (Wildman–Crippen LogP) is 3.58. The third kappa shape index (κ3) is 4.21. The number of nitrogens with zero attached hydrogens (tertiary/aromatic N) is 2. The molecule has 0 fully saturated rings. The van der Waals surface area contributed by atoms with Gasteiger partial charge < -0.3 is 14.2 Å². The molecule has 0 saturated heterocycles. The van der Waals surface area contributed by atoms with E-state index in [1.54, 1.807) is 42.9 Å². The molecule has 3 aromatic rings. The van der Waals surface area contributed by atoms with Crippen LogP contribution in [0.15, 0.2) is 50.7 Å². The molecule has 0 aliphatic carbocycles. The summed E-state index contributed by atoms with van der Waals surface area (Å²) in [6, 6.07) is 6.71. The lowest BCUT2D eigenvalue weighted by molar-refractivity contribution is -0.139. The van der Waals surface area contributed by atoms with E-state index in [4.69, 9.17) is 14.2 Å². The van der Waals surface area contributed by atoms with Gasteiger partial charge in [0.25, 0.3) is 5.56 Å². The lowest BCUT2D eigenvalue weighted by Crippen LogP contribution is -2.40. The number of aryl methyl sites for hydroxylation is 1. The fourth-order valence-electron chi connectivity index (χ4n) is 3.94. The molecule has 1 aromatic carbocycles. The second-order valence-corrected chi connectivity index (χ2v) is 9.54. The number of thiazole rings is 1. The summed E-state index contributed by atoms with van der Waals surface area (Å²) < 4.78 is 19.0. The van der Waals surface area contributed by atoms with Crippen LogP contribution >= 0.6 is 22.7 Å². The lowest BCUT2D eigenvalue weighted by Gasteiger charge is -2.26. The average molecular weight is 499 g/mol. The van der Waals surface area contributed by atoms with Crippen molar-refractivity contribution in [3.8, 4) is 11.5 Å². The molecular weight excluding hydrogens is 472 g/mol. The lowest BCUT2D eigenvalue weighted by atomic mass is 9.94. The highest BCUT2D eigenvalue weighted by Gasteiger charge is 2.35. The van der Waals surface area contributed by atoms with Gasteiger partial charge in [-0.05, 0) is 56.8 Å². The number of benzene rings is 1. The molecule has 4 rings (SSSR count). The van der Waals surface area contributed by atoms with Gasteiger partial charge in [0, 0.05) is 10.4 Å². The summed E-state index contributed by atoms with van der Waals surface area (Å²) in [5.41, 5.74) is 2.33. The SMILES string of the molecule is CCOC(=O)C1=C(C)N=c2s/c(=C\c3sccc3C)c(=O)n2[C@@H]1c1cccc(OC)c1OCC. The Balaban J connectivity index is 2.03. The van der Waals surface area contributed by atoms with Crippen molar-refractivity contribution in [2.75, 3.05) is 20.3 Å². The van der Waals surface area contributed by atoms with Gasteiger partial charge in [0.05, 0.1) is 36.1 Å². The molecule has 0 spiro atoms.